The first-order valence-electron chi connectivity index (χ1n) is 9.93. The molecule has 1 aromatic carbocycles. The Morgan fingerprint density at radius 1 is 1.25 bits per heavy atom. The minimum atomic E-state index is -3.06. The number of fused-ring (bicyclic) bond motifs is 1. The molecule has 0 aliphatic carbocycles. The Morgan fingerprint density at radius 2 is 2.04 bits per heavy atom. The normalized spacial score (nSPS) is 20.3. The maximum atomic E-state index is 12.8. The van der Waals surface area contributed by atoms with Crippen molar-refractivity contribution >= 4 is 27.3 Å². The molecule has 0 bridgehead atoms. The fourth-order valence-electron chi connectivity index (χ4n) is 3.78. The van der Waals surface area contributed by atoms with Crippen LogP contribution in [0.25, 0.3) is 0 Å². The lowest BCUT2D eigenvalue weighted by atomic mass is 10.1. The Hall–Kier alpha value is -2.09. The van der Waals surface area contributed by atoms with E-state index in [1.807, 2.05) is 31.2 Å². The van der Waals surface area contributed by atoms with Crippen molar-refractivity contribution in [3.8, 4) is 5.75 Å². The lowest BCUT2D eigenvalue weighted by Crippen LogP contribution is -2.43. The van der Waals surface area contributed by atoms with Crippen LogP contribution in [0.1, 0.15) is 39.0 Å². The maximum Gasteiger partial charge on any atom is 0.227 e. The number of para-hydroxylation sites is 2. The van der Waals surface area contributed by atoms with Crippen LogP contribution < -0.4 is 9.64 Å². The molecule has 0 N–H and O–H groups in total. The van der Waals surface area contributed by atoms with Gasteiger partial charge < -0.3 is 14.5 Å². The molecule has 0 saturated carbocycles. The van der Waals surface area contributed by atoms with Crippen LogP contribution in [0.2, 0.25) is 0 Å². The third kappa shape index (κ3) is 4.84. The van der Waals surface area contributed by atoms with Crippen LogP contribution in [0.15, 0.2) is 24.3 Å². The van der Waals surface area contributed by atoms with E-state index >= 15 is 0 Å². The van der Waals surface area contributed by atoms with Crippen LogP contribution in [-0.4, -0.2) is 62.4 Å². The van der Waals surface area contributed by atoms with Gasteiger partial charge in [0.1, 0.15) is 12.4 Å². The van der Waals surface area contributed by atoms with Crippen LogP contribution in [-0.2, 0) is 19.4 Å². The highest BCUT2D eigenvalue weighted by Gasteiger charge is 2.34. The highest BCUT2D eigenvalue weighted by molar-refractivity contribution is 7.91. The summed E-state index contributed by atoms with van der Waals surface area (Å²) < 4.78 is 29.2. The summed E-state index contributed by atoms with van der Waals surface area (Å²) in [5, 5.41) is 0. The minimum Gasteiger partial charge on any atom is -0.490 e. The van der Waals surface area contributed by atoms with E-state index in [0.717, 1.165) is 18.5 Å². The van der Waals surface area contributed by atoms with Gasteiger partial charge in [-0.3, -0.25) is 9.59 Å². The number of benzene rings is 1. The average molecular weight is 409 g/mol. The van der Waals surface area contributed by atoms with Crippen LogP contribution in [0, 0.1) is 0 Å². The molecule has 1 saturated heterocycles. The third-order valence-corrected chi connectivity index (χ3v) is 7.05. The van der Waals surface area contributed by atoms with Crippen molar-refractivity contribution in [1.82, 2.24) is 4.90 Å². The second-order valence-electron chi connectivity index (χ2n) is 7.36. The summed E-state index contributed by atoms with van der Waals surface area (Å²) in [6, 6.07) is 7.12. The van der Waals surface area contributed by atoms with Crippen molar-refractivity contribution < 1.29 is 22.7 Å². The highest BCUT2D eigenvalue weighted by Crippen LogP contribution is 2.31. The van der Waals surface area contributed by atoms with Crippen molar-refractivity contribution in [3.63, 3.8) is 0 Å². The zero-order valence-corrected chi connectivity index (χ0v) is 17.1. The van der Waals surface area contributed by atoms with E-state index in [2.05, 4.69) is 0 Å². The van der Waals surface area contributed by atoms with Crippen LogP contribution >= 0.6 is 0 Å². The van der Waals surface area contributed by atoms with Crippen LogP contribution in [0.3, 0.4) is 0 Å². The number of amides is 2. The molecule has 2 aliphatic heterocycles. The number of hydrogen-bond donors (Lipinski definition) is 0. The molecule has 0 radical (unpaired) electrons. The number of hydrogen-bond acceptors (Lipinski definition) is 5. The van der Waals surface area contributed by atoms with Gasteiger partial charge >= 0.3 is 0 Å². The number of rotatable bonds is 7. The molecule has 3 rings (SSSR count). The van der Waals surface area contributed by atoms with Crippen molar-refractivity contribution in [2.24, 2.45) is 0 Å². The second-order valence-corrected chi connectivity index (χ2v) is 9.59. The lowest BCUT2D eigenvalue weighted by Gasteiger charge is -2.31. The van der Waals surface area contributed by atoms with E-state index in [-0.39, 0.29) is 42.2 Å². The fourth-order valence-corrected chi connectivity index (χ4v) is 5.51. The number of carbonyl (C=O) groups is 2. The predicted molar refractivity (Wildman–Crippen MR) is 107 cm³/mol. The summed E-state index contributed by atoms with van der Waals surface area (Å²) >= 11 is 0. The third-order valence-electron chi connectivity index (χ3n) is 5.30. The Balaban J connectivity index is 1.62. The molecular weight excluding hydrogens is 380 g/mol. The quantitative estimate of drug-likeness (QED) is 0.689. The molecule has 2 heterocycles. The predicted octanol–water partition coefficient (Wildman–Crippen LogP) is 2.01. The van der Waals surface area contributed by atoms with Crippen molar-refractivity contribution in [1.29, 1.82) is 0 Å². The first-order valence-corrected chi connectivity index (χ1v) is 11.8. The molecule has 0 aromatic heterocycles. The van der Waals surface area contributed by atoms with Crippen molar-refractivity contribution in [2.75, 3.05) is 36.1 Å². The SMILES string of the molecule is CCCCN(C(=O)CCC(=O)N1CCOc2ccccc21)C1CCS(=O)(=O)C1. The van der Waals surface area contributed by atoms with Gasteiger partial charge in [0.05, 0.1) is 23.7 Å². The van der Waals surface area contributed by atoms with Gasteiger partial charge in [0.25, 0.3) is 0 Å². The molecule has 28 heavy (non-hydrogen) atoms. The number of ether oxygens (including phenoxy) is 1. The largest absolute Gasteiger partial charge is 0.490 e. The van der Waals surface area contributed by atoms with Gasteiger partial charge in [0, 0.05) is 25.4 Å². The molecule has 8 heteroatoms. The molecular formula is C20H28N2O5S. The molecule has 0 spiro atoms. The van der Waals surface area contributed by atoms with Gasteiger partial charge in [-0.25, -0.2) is 8.42 Å². The minimum absolute atomic E-state index is 0.0350. The van der Waals surface area contributed by atoms with Crippen LogP contribution in [0.5, 0.6) is 5.75 Å². The maximum absolute atomic E-state index is 12.8. The van der Waals surface area contributed by atoms with Gasteiger partial charge in [0.15, 0.2) is 9.84 Å². The summed E-state index contributed by atoms with van der Waals surface area (Å²) in [4.78, 5) is 28.9. The average Bonchev–Trinajstić information content (AvgIpc) is 3.05. The summed E-state index contributed by atoms with van der Waals surface area (Å²) in [7, 11) is -3.06. The highest BCUT2D eigenvalue weighted by atomic mass is 32.2. The number of sulfone groups is 1. The van der Waals surface area contributed by atoms with E-state index in [1.54, 1.807) is 9.80 Å². The standard InChI is InChI=1S/C20H28N2O5S/c1-2-3-11-21(16-10-14-28(25,26)15-16)19(23)8-9-20(24)22-12-13-27-18-7-5-4-6-17(18)22/h4-7,16H,2-3,8-15H2,1H3. The molecule has 2 aliphatic rings. The number of unbranched alkanes of at least 4 members (excludes halogenated alkanes) is 1. The van der Waals surface area contributed by atoms with Gasteiger partial charge in [0.2, 0.25) is 11.8 Å². The first-order chi connectivity index (χ1) is 13.4. The number of anilines is 1. The Labute approximate surface area is 166 Å². The molecule has 7 nitrogen and oxygen atoms in total. The smallest absolute Gasteiger partial charge is 0.227 e. The summed E-state index contributed by atoms with van der Waals surface area (Å²) in [6.07, 6.45) is 2.44. The summed E-state index contributed by atoms with van der Waals surface area (Å²) in [5.41, 5.74) is 0.732. The van der Waals surface area contributed by atoms with Crippen molar-refractivity contribution in [3.05, 3.63) is 24.3 Å². The van der Waals surface area contributed by atoms with Crippen LogP contribution in [0.4, 0.5) is 5.69 Å². The Morgan fingerprint density at radius 3 is 2.75 bits per heavy atom. The zero-order chi connectivity index (χ0) is 20.1. The second kappa shape index (κ2) is 8.94. The van der Waals surface area contributed by atoms with E-state index in [4.69, 9.17) is 4.74 Å². The lowest BCUT2D eigenvalue weighted by molar-refractivity contribution is -0.135. The van der Waals surface area contributed by atoms with E-state index in [9.17, 15) is 18.0 Å². The molecule has 1 aromatic rings. The van der Waals surface area contributed by atoms with Gasteiger partial charge in [-0.05, 0) is 25.0 Å². The van der Waals surface area contributed by atoms with E-state index < -0.39 is 9.84 Å². The van der Waals surface area contributed by atoms with Gasteiger partial charge in [-0.1, -0.05) is 25.5 Å². The summed E-state index contributed by atoms with van der Waals surface area (Å²) in [5.74, 6) is 0.600. The number of carbonyl (C=O) groups excluding carboxylic acids is 2. The molecule has 1 fully saturated rings. The Kier molecular flexibility index (Phi) is 6.59. The van der Waals surface area contributed by atoms with E-state index in [1.165, 1.54) is 0 Å². The molecule has 2 amide bonds. The van der Waals surface area contributed by atoms with Crippen molar-refractivity contribution in [2.45, 2.75) is 45.1 Å². The molecule has 1 atom stereocenters. The Bertz CT molecular complexity index is 824. The molecule has 154 valence electrons. The van der Waals surface area contributed by atoms with Gasteiger partial charge in [-0.2, -0.15) is 0 Å². The molecule has 1 unspecified atom stereocenters. The fraction of sp³-hybridized carbons (Fsp3) is 0.600. The zero-order valence-electron chi connectivity index (χ0n) is 16.3. The summed E-state index contributed by atoms with van der Waals surface area (Å²) in [6.45, 7) is 3.47. The van der Waals surface area contributed by atoms with E-state index in [0.29, 0.717) is 31.9 Å². The monoisotopic (exact) mass is 408 g/mol. The van der Waals surface area contributed by atoms with Gasteiger partial charge in [-0.15, -0.1) is 0 Å². The first kappa shape index (κ1) is 20.6. The number of nitrogens with zero attached hydrogens (tertiary/aromatic N) is 2. The topological polar surface area (TPSA) is 84.0 Å².